The first-order valence-corrected chi connectivity index (χ1v) is 13.6. The molecule has 9 heteroatoms. The van der Waals surface area contributed by atoms with Crippen LogP contribution in [0.3, 0.4) is 0 Å². The molecule has 1 N–H and O–H groups in total. The van der Waals surface area contributed by atoms with Gasteiger partial charge < -0.3 is 10.2 Å². The summed E-state index contributed by atoms with van der Waals surface area (Å²) in [5.41, 5.74) is 1.36. The monoisotopic (exact) mass is 507 g/mol. The van der Waals surface area contributed by atoms with Crippen LogP contribution in [0.1, 0.15) is 45.6 Å². The highest BCUT2D eigenvalue weighted by Crippen LogP contribution is 2.19. The maximum absolute atomic E-state index is 13.2. The number of amides is 2. The average Bonchev–Trinajstić information content (AvgIpc) is 2.79. The predicted octanol–water partition coefficient (Wildman–Crippen LogP) is 4.22. The van der Waals surface area contributed by atoms with E-state index in [1.165, 1.54) is 9.21 Å². The average molecular weight is 508 g/mol. The maximum atomic E-state index is 13.2. The van der Waals surface area contributed by atoms with E-state index in [4.69, 9.17) is 11.6 Å². The van der Waals surface area contributed by atoms with Crippen LogP contribution in [0.4, 0.5) is 5.69 Å². The van der Waals surface area contributed by atoms with Crippen LogP contribution < -0.4 is 9.62 Å². The lowest BCUT2D eigenvalue weighted by Gasteiger charge is -2.30. The topological polar surface area (TPSA) is 86.8 Å². The van der Waals surface area contributed by atoms with Gasteiger partial charge in [0, 0.05) is 30.6 Å². The zero-order chi connectivity index (χ0) is 25.3. The molecule has 0 aliphatic heterocycles. The highest BCUT2D eigenvalue weighted by atomic mass is 35.5. The second kappa shape index (κ2) is 12.8. The molecule has 0 spiro atoms. The molecule has 2 amide bonds. The van der Waals surface area contributed by atoms with Crippen LogP contribution in [0.15, 0.2) is 54.6 Å². The van der Waals surface area contributed by atoms with E-state index < -0.39 is 16.1 Å². The number of sulfonamides is 1. The molecule has 0 aliphatic rings. The van der Waals surface area contributed by atoms with E-state index in [0.717, 1.165) is 18.2 Å². The summed E-state index contributed by atoms with van der Waals surface area (Å²) < 4.78 is 25.9. The van der Waals surface area contributed by atoms with E-state index in [-0.39, 0.29) is 37.4 Å². The molecule has 2 rings (SSSR count). The molecular weight excluding hydrogens is 474 g/mol. The quantitative estimate of drug-likeness (QED) is 0.466. The summed E-state index contributed by atoms with van der Waals surface area (Å²) in [5, 5.41) is 3.48. The fourth-order valence-electron chi connectivity index (χ4n) is 3.48. The van der Waals surface area contributed by atoms with Crippen molar-refractivity contribution in [3.8, 4) is 0 Å². The minimum atomic E-state index is -3.51. The Morgan fingerprint density at radius 2 is 1.74 bits per heavy atom. The van der Waals surface area contributed by atoms with E-state index in [1.807, 2.05) is 26.0 Å². The Morgan fingerprint density at radius 3 is 2.32 bits per heavy atom. The molecule has 2 aromatic carbocycles. The van der Waals surface area contributed by atoms with Gasteiger partial charge in [-0.15, -0.1) is 0 Å². The first kappa shape index (κ1) is 27.7. The summed E-state index contributed by atoms with van der Waals surface area (Å²) in [6, 6.07) is 15.2. The van der Waals surface area contributed by atoms with Gasteiger partial charge >= 0.3 is 0 Å². The fourth-order valence-corrected chi connectivity index (χ4v) is 4.66. The number of nitrogens with one attached hydrogen (secondary N) is 1. The highest BCUT2D eigenvalue weighted by molar-refractivity contribution is 7.92. The lowest BCUT2D eigenvalue weighted by atomic mass is 10.1. The summed E-state index contributed by atoms with van der Waals surface area (Å²) in [5.74, 6) is -0.458. The Labute approximate surface area is 208 Å². The van der Waals surface area contributed by atoms with Crippen molar-refractivity contribution >= 4 is 39.1 Å². The Balaban J connectivity index is 2.15. The number of hydrogen-bond donors (Lipinski definition) is 1. The van der Waals surface area contributed by atoms with Gasteiger partial charge in [0.25, 0.3) is 0 Å². The smallest absolute Gasteiger partial charge is 0.242 e. The SMILES string of the molecule is CC[C@@H](C)NC(=O)[C@@H](C)N(Cc1cccc(Cl)c1)C(=O)CCCN(c1ccccc1)S(C)(=O)=O. The van der Waals surface area contributed by atoms with E-state index in [2.05, 4.69) is 5.32 Å². The van der Waals surface area contributed by atoms with Gasteiger partial charge in [-0.25, -0.2) is 8.42 Å². The summed E-state index contributed by atoms with van der Waals surface area (Å²) in [4.78, 5) is 27.6. The van der Waals surface area contributed by atoms with Crippen molar-refractivity contribution in [1.82, 2.24) is 10.2 Å². The Bertz CT molecular complexity index is 1060. The molecule has 0 fully saturated rings. The number of nitrogens with zero attached hydrogens (tertiary/aromatic N) is 2. The second-order valence-electron chi connectivity index (χ2n) is 8.42. The van der Waals surface area contributed by atoms with E-state index in [1.54, 1.807) is 49.4 Å². The summed E-state index contributed by atoms with van der Waals surface area (Å²) in [6.45, 7) is 5.98. The lowest BCUT2D eigenvalue weighted by molar-refractivity contribution is -0.140. The van der Waals surface area contributed by atoms with Gasteiger partial charge in [-0.3, -0.25) is 13.9 Å². The molecule has 186 valence electrons. The van der Waals surface area contributed by atoms with Crippen LogP contribution in [0.25, 0.3) is 0 Å². The predicted molar refractivity (Wildman–Crippen MR) is 137 cm³/mol. The van der Waals surface area contributed by atoms with Crippen molar-refractivity contribution < 1.29 is 18.0 Å². The van der Waals surface area contributed by atoms with Crippen molar-refractivity contribution in [2.24, 2.45) is 0 Å². The number of carbonyl (C=O) groups is 2. The third-order valence-corrected chi connectivity index (χ3v) is 7.04. The number of para-hydroxylation sites is 1. The van der Waals surface area contributed by atoms with Gasteiger partial charge in [-0.1, -0.05) is 48.9 Å². The van der Waals surface area contributed by atoms with E-state index >= 15 is 0 Å². The Kier molecular flexibility index (Phi) is 10.4. The van der Waals surface area contributed by atoms with Crippen molar-refractivity contribution in [3.63, 3.8) is 0 Å². The van der Waals surface area contributed by atoms with E-state index in [9.17, 15) is 18.0 Å². The van der Waals surface area contributed by atoms with Gasteiger partial charge in [0.15, 0.2) is 0 Å². The molecule has 2 aromatic rings. The van der Waals surface area contributed by atoms with Gasteiger partial charge in [-0.05, 0) is 56.5 Å². The molecule has 0 saturated heterocycles. The van der Waals surface area contributed by atoms with Crippen LogP contribution in [-0.4, -0.2) is 50.0 Å². The minimum Gasteiger partial charge on any atom is -0.352 e. The number of halogens is 1. The minimum absolute atomic E-state index is 0.00716. The molecular formula is C25H34ClN3O4S. The first-order chi connectivity index (χ1) is 16.0. The molecule has 0 radical (unpaired) electrons. The van der Waals surface area contributed by atoms with Crippen LogP contribution in [0, 0.1) is 0 Å². The molecule has 0 saturated carbocycles. The number of benzene rings is 2. The Hall–Kier alpha value is -2.58. The van der Waals surface area contributed by atoms with Gasteiger partial charge in [0.05, 0.1) is 11.9 Å². The van der Waals surface area contributed by atoms with Crippen LogP contribution in [0.2, 0.25) is 5.02 Å². The zero-order valence-electron chi connectivity index (χ0n) is 20.2. The van der Waals surface area contributed by atoms with Crippen LogP contribution >= 0.6 is 11.6 Å². The van der Waals surface area contributed by atoms with Crippen LogP contribution in [0.5, 0.6) is 0 Å². The Morgan fingerprint density at radius 1 is 1.06 bits per heavy atom. The van der Waals surface area contributed by atoms with Crippen LogP contribution in [-0.2, 0) is 26.2 Å². The lowest BCUT2D eigenvalue weighted by Crippen LogP contribution is -2.49. The zero-order valence-corrected chi connectivity index (χ0v) is 21.8. The summed E-state index contributed by atoms with van der Waals surface area (Å²) in [6.07, 6.45) is 2.34. The normalized spacial score (nSPS) is 13.1. The highest BCUT2D eigenvalue weighted by Gasteiger charge is 2.27. The third kappa shape index (κ3) is 8.33. The number of carbonyl (C=O) groups excluding carboxylic acids is 2. The number of hydrogen-bond acceptors (Lipinski definition) is 4. The summed E-state index contributed by atoms with van der Waals surface area (Å²) >= 11 is 6.11. The van der Waals surface area contributed by atoms with Gasteiger partial charge in [0.2, 0.25) is 21.8 Å². The van der Waals surface area contributed by atoms with Crippen molar-refractivity contribution in [2.75, 3.05) is 17.1 Å². The van der Waals surface area contributed by atoms with Crippen molar-refractivity contribution in [3.05, 3.63) is 65.2 Å². The molecule has 34 heavy (non-hydrogen) atoms. The van der Waals surface area contributed by atoms with Crippen molar-refractivity contribution in [2.45, 2.75) is 58.7 Å². The third-order valence-electron chi connectivity index (χ3n) is 5.61. The standard InChI is InChI=1S/C25H34ClN3O4S/c1-5-19(2)27-25(31)20(3)28(18-21-11-9-12-22(26)17-21)24(30)15-10-16-29(34(4,32)33)23-13-7-6-8-14-23/h6-9,11-14,17,19-20H,5,10,15-16,18H2,1-4H3,(H,27,31)/t19-,20-/m1/s1. The molecule has 0 aromatic heterocycles. The maximum Gasteiger partial charge on any atom is 0.242 e. The largest absolute Gasteiger partial charge is 0.352 e. The summed E-state index contributed by atoms with van der Waals surface area (Å²) in [7, 11) is -3.51. The molecule has 0 unspecified atom stereocenters. The number of anilines is 1. The fraction of sp³-hybridized carbons (Fsp3) is 0.440. The molecule has 0 bridgehead atoms. The van der Waals surface area contributed by atoms with Crippen molar-refractivity contribution in [1.29, 1.82) is 0 Å². The first-order valence-electron chi connectivity index (χ1n) is 11.4. The molecule has 0 aliphatic carbocycles. The molecule has 2 atom stereocenters. The van der Waals surface area contributed by atoms with E-state index in [0.29, 0.717) is 17.1 Å². The van der Waals surface area contributed by atoms with Gasteiger partial charge in [0.1, 0.15) is 6.04 Å². The van der Waals surface area contributed by atoms with Gasteiger partial charge in [-0.2, -0.15) is 0 Å². The second-order valence-corrected chi connectivity index (χ2v) is 10.8. The molecule has 7 nitrogen and oxygen atoms in total. The number of rotatable bonds is 12. The molecule has 0 heterocycles.